The van der Waals surface area contributed by atoms with Crippen molar-refractivity contribution in [1.82, 2.24) is 19.9 Å². The second-order valence-electron chi connectivity index (χ2n) is 6.12. The zero-order chi connectivity index (χ0) is 18.3. The van der Waals surface area contributed by atoms with Crippen LogP contribution in [0.2, 0.25) is 0 Å². The maximum Gasteiger partial charge on any atom is 0.250 e. The van der Waals surface area contributed by atoms with Crippen molar-refractivity contribution < 1.29 is 0 Å². The Hall–Kier alpha value is -3.55. The Bertz CT molecular complexity index is 892. The van der Waals surface area contributed by atoms with E-state index < -0.39 is 0 Å². The lowest BCUT2D eigenvalue weighted by Crippen LogP contribution is -2.21. The van der Waals surface area contributed by atoms with E-state index in [1.165, 1.54) is 0 Å². The molecule has 136 valence electrons. The van der Waals surface area contributed by atoms with Gasteiger partial charge in [-0.15, -0.1) is 0 Å². The quantitative estimate of drug-likeness (QED) is 0.516. The molecule has 3 heterocycles. The van der Waals surface area contributed by atoms with E-state index in [2.05, 4.69) is 40.7 Å². The van der Waals surface area contributed by atoms with Crippen molar-refractivity contribution in [3.05, 3.63) is 60.4 Å². The molecule has 2 aromatic heterocycles. The average molecular weight is 360 g/mol. The minimum Gasteiger partial charge on any atom is -0.341 e. The van der Waals surface area contributed by atoms with E-state index in [0.29, 0.717) is 17.8 Å². The Balaban J connectivity index is 1.56. The molecule has 8 heteroatoms. The molecule has 1 fully saturated rings. The van der Waals surface area contributed by atoms with Crippen LogP contribution in [0.15, 0.2) is 60.0 Å². The summed E-state index contributed by atoms with van der Waals surface area (Å²) >= 11 is 0. The highest BCUT2D eigenvalue weighted by Crippen LogP contribution is 2.20. The lowest BCUT2D eigenvalue weighted by atomic mass is 10.3. The third kappa shape index (κ3) is 4.55. The molecule has 8 nitrogen and oxygen atoms in total. The predicted octanol–water partition coefficient (Wildman–Crippen LogP) is 3.06. The Morgan fingerprint density at radius 2 is 1.63 bits per heavy atom. The van der Waals surface area contributed by atoms with Crippen LogP contribution in [-0.4, -0.2) is 39.2 Å². The number of para-hydroxylation sites is 1. The minimum absolute atomic E-state index is 0.399. The van der Waals surface area contributed by atoms with Crippen LogP contribution in [0.4, 0.5) is 23.5 Å². The molecular weight excluding hydrogens is 340 g/mol. The van der Waals surface area contributed by atoms with E-state index in [9.17, 15) is 0 Å². The van der Waals surface area contributed by atoms with Crippen molar-refractivity contribution in [2.75, 3.05) is 28.7 Å². The number of nitrogens with one attached hydrogen (secondary N) is 2. The number of hydrogen-bond acceptors (Lipinski definition) is 8. The third-order valence-electron chi connectivity index (χ3n) is 4.13. The second-order valence-corrected chi connectivity index (χ2v) is 6.12. The van der Waals surface area contributed by atoms with Gasteiger partial charge in [-0.1, -0.05) is 18.2 Å². The molecule has 27 heavy (non-hydrogen) atoms. The van der Waals surface area contributed by atoms with Gasteiger partial charge in [-0.25, -0.2) is 5.43 Å². The molecule has 4 rings (SSSR count). The third-order valence-corrected chi connectivity index (χ3v) is 4.13. The Morgan fingerprint density at radius 1 is 0.889 bits per heavy atom. The van der Waals surface area contributed by atoms with E-state index in [0.717, 1.165) is 37.2 Å². The molecule has 0 atom stereocenters. The molecule has 0 spiro atoms. The number of rotatable bonds is 6. The smallest absolute Gasteiger partial charge is 0.250 e. The van der Waals surface area contributed by atoms with Crippen LogP contribution in [0.3, 0.4) is 0 Å². The molecule has 1 saturated heterocycles. The zero-order valence-corrected chi connectivity index (χ0v) is 14.8. The summed E-state index contributed by atoms with van der Waals surface area (Å²) in [5.41, 5.74) is 4.76. The fraction of sp³-hybridized carbons (Fsp3) is 0.211. The van der Waals surface area contributed by atoms with Crippen LogP contribution in [-0.2, 0) is 0 Å². The molecule has 1 aliphatic heterocycles. The summed E-state index contributed by atoms with van der Waals surface area (Å²) in [5, 5.41) is 7.45. The first kappa shape index (κ1) is 16.9. The Labute approximate surface area is 157 Å². The highest BCUT2D eigenvalue weighted by molar-refractivity contribution is 5.79. The van der Waals surface area contributed by atoms with Crippen molar-refractivity contribution in [3.8, 4) is 0 Å². The van der Waals surface area contributed by atoms with E-state index in [1.54, 1.807) is 18.6 Å². The lowest BCUT2D eigenvalue weighted by molar-refractivity contribution is 0.883. The second kappa shape index (κ2) is 8.22. The highest BCUT2D eigenvalue weighted by Gasteiger charge is 2.17. The summed E-state index contributed by atoms with van der Waals surface area (Å²) in [6.07, 6.45) is 7.44. The first-order chi connectivity index (χ1) is 13.4. The summed E-state index contributed by atoms with van der Waals surface area (Å²) in [5.74, 6) is 1.54. The van der Waals surface area contributed by atoms with Crippen LogP contribution in [0.5, 0.6) is 0 Å². The van der Waals surface area contributed by atoms with Crippen LogP contribution >= 0.6 is 0 Å². The average Bonchev–Trinajstić information content (AvgIpc) is 3.24. The number of hydrazone groups is 1. The predicted molar refractivity (Wildman–Crippen MR) is 106 cm³/mol. The van der Waals surface area contributed by atoms with Crippen molar-refractivity contribution >= 4 is 29.7 Å². The molecule has 0 amide bonds. The molecule has 0 saturated carbocycles. The van der Waals surface area contributed by atoms with E-state index >= 15 is 0 Å². The van der Waals surface area contributed by atoms with Crippen LogP contribution in [0.25, 0.3) is 0 Å². The van der Waals surface area contributed by atoms with Gasteiger partial charge in [0.05, 0.1) is 6.21 Å². The number of hydrogen-bond donors (Lipinski definition) is 2. The van der Waals surface area contributed by atoms with Gasteiger partial charge >= 0.3 is 0 Å². The Morgan fingerprint density at radius 3 is 2.41 bits per heavy atom. The van der Waals surface area contributed by atoms with E-state index in [1.807, 2.05) is 42.5 Å². The minimum atomic E-state index is 0.399. The van der Waals surface area contributed by atoms with Gasteiger partial charge in [0, 0.05) is 31.2 Å². The highest BCUT2D eigenvalue weighted by atomic mass is 15.4. The summed E-state index contributed by atoms with van der Waals surface area (Å²) in [7, 11) is 0. The number of aromatic nitrogens is 4. The summed E-state index contributed by atoms with van der Waals surface area (Å²) < 4.78 is 0. The number of pyridine rings is 1. The normalized spacial score (nSPS) is 13.9. The monoisotopic (exact) mass is 360 g/mol. The van der Waals surface area contributed by atoms with Crippen molar-refractivity contribution in [3.63, 3.8) is 0 Å². The van der Waals surface area contributed by atoms with Crippen molar-refractivity contribution in [2.45, 2.75) is 12.8 Å². The van der Waals surface area contributed by atoms with Crippen LogP contribution < -0.4 is 15.6 Å². The van der Waals surface area contributed by atoms with Crippen LogP contribution in [0.1, 0.15) is 18.4 Å². The molecule has 3 aromatic rings. The molecule has 0 bridgehead atoms. The first-order valence-corrected chi connectivity index (χ1v) is 8.89. The largest absolute Gasteiger partial charge is 0.341 e. The molecule has 0 unspecified atom stereocenters. The van der Waals surface area contributed by atoms with Gasteiger partial charge in [-0.05, 0) is 42.7 Å². The summed E-state index contributed by atoms with van der Waals surface area (Å²) in [6, 6.07) is 13.6. The standard InChI is InChI=1S/C19H20N8/c1-2-6-16(7-3-1)22-17-23-18(25-19(24-17)27-12-4-5-13-27)26-21-14-15-8-10-20-11-9-15/h1-3,6-11,14H,4-5,12-13H2,(H2,22,23,24,25,26)/b21-14+. The molecule has 1 aromatic carbocycles. The van der Waals surface area contributed by atoms with E-state index in [-0.39, 0.29) is 0 Å². The number of nitrogens with zero attached hydrogens (tertiary/aromatic N) is 6. The van der Waals surface area contributed by atoms with E-state index in [4.69, 9.17) is 0 Å². The SMILES string of the molecule is C(=N\Nc1nc(Nc2ccccc2)nc(N2CCCC2)n1)/c1ccncc1. The van der Waals surface area contributed by atoms with Gasteiger partial charge in [0.2, 0.25) is 17.8 Å². The lowest BCUT2D eigenvalue weighted by Gasteiger charge is -2.16. The Kier molecular flexibility index (Phi) is 5.14. The molecule has 0 radical (unpaired) electrons. The molecule has 0 aliphatic carbocycles. The molecule has 1 aliphatic rings. The van der Waals surface area contributed by atoms with Gasteiger partial charge in [-0.3, -0.25) is 4.98 Å². The molecule has 2 N–H and O–H groups in total. The first-order valence-electron chi connectivity index (χ1n) is 8.89. The fourth-order valence-electron chi connectivity index (χ4n) is 2.79. The number of anilines is 4. The van der Waals surface area contributed by atoms with Crippen LogP contribution in [0, 0.1) is 0 Å². The van der Waals surface area contributed by atoms with Crippen molar-refractivity contribution in [1.29, 1.82) is 0 Å². The summed E-state index contributed by atoms with van der Waals surface area (Å²) in [6.45, 7) is 1.91. The molecular formula is C19H20N8. The fourth-order valence-corrected chi connectivity index (χ4v) is 2.79. The van der Waals surface area contributed by atoms with Gasteiger partial charge < -0.3 is 10.2 Å². The zero-order valence-electron chi connectivity index (χ0n) is 14.8. The summed E-state index contributed by atoms with van der Waals surface area (Å²) in [4.78, 5) is 19.7. The number of benzene rings is 1. The maximum absolute atomic E-state index is 4.57. The van der Waals surface area contributed by atoms with Gasteiger partial charge in [0.1, 0.15) is 0 Å². The van der Waals surface area contributed by atoms with Gasteiger partial charge in [-0.2, -0.15) is 20.1 Å². The van der Waals surface area contributed by atoms with Crippen molar-refractivity contribution in [2.24, 2.45) is 5.10 Å². The van der Waals surface area contributed by atoms with Gasteiger partial charge in [0.25, 0.3) is 0 Å². The van der Waals surface area contributed by atoms with Gasteiger partial charge in [0.15, 0.2) is 0 Å². The topological polar surface area (TPSA) is 91.2 Å². The maximum atomic E-state index is 4.57.